The van der Waals surface area contributed by atoms with Crippen molar-refractivity contribution in [1.82, 2.24) is 0 Å². The van der Waals surface area contributed by atoms with Crippen LogP contribution in [-0.2, 0) is 0 Å². The van der Waals surface area contributed by atoms with Gasteiger partial charge in [-0.2, -0.15) is 0 Å². The zero-order chi connectivity index (χ0) is 18.9. The van der Waals surface area contributed by atoms with Crippen molar-refractivity contribution in [2.45, 2.75) is 64.8 Å². The molecule has 142 valence electrons. The van der Waals surface area contributed by atoms with E-state index in [9.17, 15) is 0 Å². The van der Waals surface area contributed by atoms with Gasteiger partial charge < -0.3 is 4.90 Å². The molecule has 4 fully saturated rings. The fourth-order valence-corrected chi connectivity index (χ4v) is 11.3. The first-order valence-electron chi connectivity index (χ1n) is 10.1. The van der Waals surface area contributed by atoms with Gasteiger partial charge in [0.25, 0.3) is 0 Å². The Morgan fingerprint density at radius 2 is 1.15 bits per heavy atom. The van der Waals surface area contributed by atoms with Gasteiger partial charge in [0.05, 0.1) is 0 Å². The number of anilines is 2. The molecule has 2 unspecified atom stereocenters. The lowest BCUT2D eigenvalue weighted by molar-refractivity contribution is 0.0495. The molecule has 2 atom stereocenters. The molecule has 0 aromatic heterocycles. The average Bonchev–Trinajstić information content (AvgIpc) is 2.55. The molecule has 4 aliphatic carbocycles. The Balaban J connectivity index is 1.66. The second kappa shape index (κ2) is 6.35. The van der Waals surface area contributed by atoms with Gasteiger partial charge in [-0.1, -0.05) is 80.6 Å². The van der Waals surface area contributed by atoms with Gasteiger partial charge in [0.2, 0.25) is 0 Å². The molecule has 3 heteroatoms. The van der Waals surface area contributed by atoms with Crippen molar-refractivity contribution in [1.29, 1.82) is 0 Å². The first-order chi connectivity index (χ1) is 12.8. The third kappa shape index (κ3) is 3.24. The number of hydrogen-bond donors (Lipinski definition) is 0. The van der Waals surface area contributed by atoms with Gasteiger partial charge >= 0.3 is 0 Å². The number of alkyl halides is 2. The van der Waals surface area contributed by atoms with Gasteiger partial charge in [-0.05, 0) is 82.6 Å². The molecule has 0 spiro atoms. The Hall–Kier alpha value is -0.300. The Bertz CT molecular complexity index is 793. The molecule has 0 N–H and O–H groups in total. The smallest absolute Gasteiger partial charge is 0.0479 e. The molecule has 1 nitrogen and oxygen atoms in total. The van der Waals surface area contributed by atoms with E-state index in [0.717, 1.165) is 5.92 Å². The van der Waals surface area contributed by atoms with Gasteiger partial charge in [-0.25, -0.2) is 0 Å². The molecule has 4 bridgehead atoms. The minimum absolute atomic E-state index is 0.256. The summed E-state index contributed by atoms with van der Waals surface area (Å²) in [6.45, 7) is 4.37. The lowest BCUT2D eigenvalue weighted by atomic mass is 9.52. The van der Waals surface area contributed by atoms with Gasteiger partial charge in [-0.3, -0.25) is 0 Å². The summed E-state index contributed by atoms with van der Waals surface area (Å²) in [5.41, 5.74) is 5.66. The number of rotatable bonds is 3. The average molecular weight is 583 g/mol. The fourth-order valence-electron chi connectivity index (χ4n) is 6.49. The molecule has 0 amide bonds. The molecule has 4 saturated carbocycles. The summed E-state index contributed by atoms with van der Waals surface area (Å²) in [5, 5.41) is 0. The second-order valence-electron chi connectivity index (χ2n) is 9.54. The van der Waals surface area contributed by atoms with Crippen LogP contribution in [0, 0.1) is 19.8 Å². The molecule has 4 aliphatic rings. The monoisotopic (exact) mass is 583 g/mol. The Labute approximate surface area is 190 Å². The van der Waals surface area contributed by atoms with Gasteiger partial charge in [0, 0.05) is 23.8 Å². The predicted octanol–water partition coefficient (Wildman–Crippen LogP) is 7.53. The van der Waals surface area contributed by atoms with Crippen LogP contribution in [0.3, 0.4) is 0 Å². The largest absolute Gasteiger partial charge is 0.335 e. The van der Waals surface area contributed by atoms with Crippen molar-refractivity contribution in [3.63, 3.8) is 0 Å². The van der Waals surface area contributed by atoms with E-state index in [1.54, 1.807) is 0 Å². The Kier molecular flexibility index (Phi) is 4.40. The quantitative estimate of drug-likeness (QED) is 0.267. The molecule has 2 aromatic rings. The van der Waals surface area contributed by atoms with Gasteiger partial charge in [0.15, 0.2) is 0 Å². The van der Waals surface area contributed by atoms with Crippen molar-refractivity contribution in [2.75, 3.05) is 4.90 Å². The second-order valence-corrected chi connectivity index (χ2v) is 14.1. The summed E-state index contributed by atoms with van der Waals surface area (Å²) in [6.07, 6.45) is 8.25. The van der Waals surface area contributed by atoms with E-state index < -0.39 is 0 Å². The number of halogens is 2. The highest BCUT2D eigenvalue weighted by atomic mass is 127. The van der Waals surface area contributed by atoms with E-state index >= 15 is 0 Å². The van der Waals surface area contributed by atoms with E-state index in [-0.39, 0.29) is 5.54 Å². The van der Waals surface area contributed by atoms with Gasteiger partial charge in [0.1, 0.15) is 0 Å². The maximum absolute atomic E-state index is 2.84. The minimum Gasteiger partial charge on any atom is -0.335 e. The molecule has 0 aliphatic heterocycles. The van der Waals surface area contributed by atoms with Crippen LogP contribution in [0.25, 0.3) is 0 Å². The maximum atomic E-state index is 2.84. The summed E-state index contributed by atoms with van der Waals surface area (Å²) in [5.74, 6) is 0.883. The maximum Gasteiger partial charge on any atom is 0.0479 e. The standard InChI is InChI=1S/C24H27I2N/c1-17-3-7-20(8-4-17)27(21-9-5-18(2)6-10-21)24-13-19-11-22(25,15-24)14-23(26,12-19)16-24/h3-10,19H,11-16H2,1-2H3. The lowest BCUT2D eigenvalue weighted by Gasteiger charge is -2.66. The number of aryl methyl sites for hydroxylation is 2. The van der Waals surface area contributed by atoms with Crippen molar-refractivity contribution in [2.24, 2.45) is 5.92 Å². The first-order valence-corrected chi connectivity index (χ1v) is 12.3. The summed E-state index contributed by atoms with van der Waals surface area (Å²) >= 11 is 5.67. The van der Waals surface area contributed by atoms with Crippen LogP contribution >= 0.6 is 45.2 Å². The summed E-state index contributed by atoms with van der Waals surface area (Å²) in [7, 11) is 0. The molecule has 0 heterocycles. The van der Waals surface area contributed by atoms with E-state index in [1.807, 2.05) is 0 Å². The van der Waals surface area contributed by atoms with Gasteiger partial charge in [-0.15, -0.1) is 0 Å². The van der Waals surface area contributed by atoms with Crippen LogP contribution < -0.4 is 4.90 Å². The van der Waals surface area contributed by atoms with Crippen LogP contribution in [0.15, 0.2) is 48.5 Å². The van der Waals surface area contributed by atoms with E-state index in [1.165, 1.54) is 61.0 Å². The summed E-state index contributed by atoms with van der Waals surface area (Å²) in [6, 6.07) is 18.5. The first kappa shape index (κ1) is 18.7. The van der Waals surface area contributed by atoms with E-state index in [0.29, 0.717) is 6.84 Å². The van der Waals surface area contributed by atoms with Crippen LogP contribution in [0.2, 0.25) is 0 Å². The SMILES string of the molecule is Cc1ccc(N(c2ccc(C)cc2)C23CC4CC(I)(CC(I)(C4)C2)C3)cc1. The molecule has 2 aromatic carbocycles. The van der Waals surface area contributed by atoms with Crippen molar-refractivity contribution in [3.05, 3.63) is 59.7 Å². The van der Waals surface area contributed by atoms with Crippen molar-refractivity contribution in [3.8, 4) is 0 Å². The summed E-state index contributed by atoms with van der Waals surface area (Å²) < 4.78 is 0.956. The third-order valence-electron chi connectivity index (χ3n) is 6.96. The molecule has 6 rings (SSSR count). The zero-order valence-corrected chi connectivity index (χ0v) is 20.5. The fraction of sp³-hybridized carbons (Fsp3) is 0.500. The minimum atomic E-state index is 0.256. The Morgan fingerprint density at radius 3 is 1.56 bits per heavy atom. The van der Waals surface area contributed by atoms with Crippen LogP contribution in [0.1, 0.15) is 49.7 Å². The van der Waals surface area contributed by atoms with Crippen molar-refractivity contribution < 1.29 is 0 Å². The number of hydrogen-bond acceptors (Lipinski definition) is 1. The number of nitrogens with zero attached hydrogens (tertiary/aromatic N) is 1. The van der Waals surface area contributed by atoms with Crippen molar-refractivity contribution >= 4 is 56.6 Å². The Morgan fingerprint density at radius 1 is 0.704 bits per heavy atom. The predicted molar refractivity (Wildman–Crippen MR) is 132 cm³/mol. The summed E-state index contributed by atoms with van der Waals surface area (Å²) in [4.78, 5) is 2.73. The highest BCUT2D eigenvalue weighted by molar-refractivity contribution is 14.1. The highest BCUT2D eigenvalue weighted by Crippen LogP contribution is 2.67. The normalized spacial score (nSPS) is 36.8. The van der Waals surface area contributed by atoms with E-state index in [2.05, 4.69) is 112 Å². The van der Waals surface area contributed by atoms with E-state index in [4.69, 9.17) is 0 Å². The molecule has 0 saturated heterocycles. The molecular formula is C24H27I2N. The van der Waals surface area contributed by atoms with Crippen LogP contribution in [-0.4, -0.2) is 12.4 Å². The van der Waals surface area contributed by atoms with Crippen LogP contribution in [0.5, 0.6) is 0 Å². The highest BCUT2D eigenvalue weighted by Gasteiger charge is 2.63. The molecule has 27 heavy (non-hydrogen) atoms. The molecule has 0 radical (unpaired) electrons. The molecular weight excluding hydrogens is 556 g/mol. The topological polar surface area (TPSA) is 3.24 Å². The lowest BCUT2D eigenvalue weighted by Crippen LogP contribution is -2.67. The zero-order valence-electron chi connectivity index (χ0n) is 16.1. The number of benzene rings is 2. The third-order valence-corrected chi connectivity index (χ3v) is 9.37. The van der Waals surface area contributed by atoms with Crippen LogP contribution in [0.4, 0.5) is 11.4 Å².